The first-order chi connectivity index (χ1) is 14.3. The number of aliphatic hydroxyl groups is 1. The Labute approximate surface area is 181 Å². The summed E-state index contributed by atoms with van der Waals surface area (Å²) in [6, 6.07) is 5.34. The van der Waals surface area contributed by atoms with E-state index >= 15 is 0 Å². The summed E-state index contributed by atoms with van der Waals surface area (Å²) in [4.78, 5) is 40.9. The van der Waals surface area contributed by atoms with Crippen molar-refractivity contribution in [3.8, 4) is 0 Å². The highest BCUT2D eigenvalue weighted by atomic mass is 35.5. The molecular formula is C22H28ClN3O4. The lowest BCUT2D eigenvalue weighted by Crippen LogP contribution is -2.49. The summed E-state index contributed by atoms with van der Waals surface area (Å²) in [5.41, 5.74) is 0.561. The summed E-state index contributed by atoms with van der Waals surface area (Å²) in [5.74, 6) is -2.56. The molecule has 30 heavy (non-hydrogen) atoms. The standard InChI is InChI=1S/C22H28ClN3O4/c1-4-13-5-10-16-18(17(13)20(28)24-3)22(30)26(12(2)11-27)19(16)21(29)25-15-8-6-14(23)7-9-15/h5-10,12-13,16-19,27H,4,11H2,1-3H3,(H,24,28)(H,25,29)/t12-,13-,16+,17-,18+,19+/m1/s1. The number of amides is 3. The van der Waals surface area contributed by atoms with Crippen LogP contribution < -0.4 is 10.6 Å². The zero-order valence-electron chi connectivity index (χ0n) is 17.3. The Morgan fingerprint density at radius 3 is 2.43 bits per heavy atom. The van der Waals surface area contributed by atoms with Crippen molar-refractivity contribution in [1.29, 1.82) is 0 Å². The molecule has 7 nitrogen and oxygen atoms in total. The van der Waals surface area contributed by atoms with Crippen LogP contribution >= 0.6 is 11.6 Å². The van der Waals surface area contributed by atoms with E-state index < -0.39 is 29.8 Å². The van der Waals surface area contributed by atoms with Crippen LogP contribution in [0.1, 0.15) is 20.3 Å². The molecule has 1 aromatic carbocycles. The third-order valence-electron chi connectivity index (χ3n) is 6.19. The first kappa shape index (κ1) is 22.3. The van der Waals surface area contributed by atoms with Gasteiger partial charge in [-0.05, 0) is 43.5 Å². The molecule has 1 heterocycles. The molecule has 1 aromatic rings. The normalized spacial score (nSPS) is 28.8. The van der Waals surface area contributed by atoms with Crippen LogP contribution in [0.4, 0.5) is 5.69 Å². The third kappa shape index (κ3) is 3.96. The topological polar surface area (TPSA) is 98.7 Å². The smallest absolute Gasteiger partial charge is 0.247 e. The van der Waals surface area contributed by atoms with Gasteiger partial charge in [-0.2, -0.15) is 0 Å². The van der Waals surface area contributed by atoms with Gasteiger partial charge in [-0.1, -0.05) is 30.7 Å². The van der Waals surface area contributed by atoms with Gasteiger partial charge in [-0.3, -0.25) is 14.4 Å². The maximum Gasteiger partial charge on any atom is 0.247 e. The summed E-state index contributed by atoms with van der Waals surface area (Å²) in [7, 11) is 1.56. The summed E-state index contributed by atoms with van der Waals surface area (Å²) in [6.07, 6.45) is 4.55. The van der Waals surface area contributed by atoms with Gasteiger partial charge >= 0.3 is 0 Å². The first-order valence-corrected chi connectivity index (χ1v) is 10.6. The number of hydrogen-bond donors (Lipinski definition) is 3. The number of benzene rings is 1. The number of nitrogens with one attached hydrogen (secondary N) is 2. The average Bonchev–Trinajstić information content (AvgIpc) is 3.06. The fourth-order valence-electron chi connectivity index (χ4n) is 4.67. The molecule has 1 aliphatic carbocycles. The van der Waals surface area contributed by atoms with E-state index in [-0.39, 0.29) is 30.2 Å². The van der Waals surface area contributed by atoms with Crippen molar-refractivity contribution in [2.75, 3.05) is 19.0 Å². The molecule has 1 fully saturated rings. The molecular weight excluding hydrogens is 406 g/mol. The number of allylic oxidation sites excluding steroid dienone is 1. The number of carbonyl (C=O) groups excluding carboxylic acids is 3. The zero-order chi connectivity index (χ0) is 22.0. The lowest BCUT2D eigenvalue weighted by atomic mass is 9.69. The Kier molecular flexibility index (Phi) is 6.83. The van der Waals surface area contributed by atoms with Gasteiger partial charge in [0.25, 0.3) is 0 Å². The number of rotatable bonds is 6. The van der Waals surface area contributed by atoms with Crippen molar-refractivity contribution in [1.82, 2.24) is 10.2 Å². The maximum absolute atomic E-state index is 13.4. The van der Waals surface area contributed by atoms with E-state index in [2.05, 4.69) is 10.6 Å². The van der Waals surface area contributed by atoms with E-state index in [1.54, 1.807) is 38.2 Å². The van der Waals surface area contributed by atoms with Crippen LogP contribution in [-0.2, 0) is 14.4 Å². The molecule has 8 heteroatoms. The van der Waals surface area contributed by atoms with Gasteiger partial charge in [-0.15, -0.1) is 0 Å². The molecule has 3 N–H and O–H groups in total. The number of halogens is 1. The lowest BCUT2D eigenvalue weighted by molar-refractivity contribution is -0.142. The second-order valence-corrected chi connectivity index (χ2v) is 8.35. The van der Waals surface area contributed by atoms with Crippen molar-refractivity contribution in [2.45, 2.75) is 32.4 Å². The number of fused-ring (bicyclic) bond motifs is 1. The molecule has 162 valence electrons. The fraction of sp³-hybridized carbons (Fsp3) is 0.500. The van der Waals surface area contributed by atoms with E-state index in [1.165, 1.54) is 4.90 Å². The molecule has 0 radical (unpaired) electrons. The van der Waals surface area contributed by atoms with Crippen LogP contribution in [0.15, 0.2) is 36.4 Å². The predicted octanol–water partition coefficient (Wildman–Crippen LogP) is 2.06. The van der Waals surface area contributed by atoms with E-state index in [4.69, 9.17) is 11.6 Å². The quantitative estimate of drug-likeness (QED) is 0.598. The monoisotopic (exact) mass is 433 g/mol. The Morgan fingerprint density at radius 1 is 1.20 bits per heavy atom. The van der Waals surface area contributed by atoms with Gasteiger partial charge in [0.2, 0.25) is 17.7 Å². The van der Waals surface area contributed by atoms with Crippen molar-refractivity contribution in [2.24, 2.45) is 23.7 Å². The van der Waals surface area contributed by atoms with Crippen LogP contribution in [0.3, 0.4) is 0 Å². The summed E-state index contributed by atoms with van der Waals surface area (Å²) in [5, 5.41) is 15.8. The van der Waals surface area contributed by atoms with Crippen LogP contribution in [0.25, 0.3) is 0 Å². The molecule has 3 amide bonds. The van der Waals surface area contributed by atoms with Crippen molar-refractivity contribution in [3.63, 3.8) is 0 Å². The van der Waals surface area contributed by atoms with E-state index in [0.29, 0.717) is 17.1 Å². The van der Waals surface area contributed by atoms with Crippen LogP contribution in [0.5, 0.6) is 0 Å². The Hall–Kier alpha value is -2.38. The average molecular weight is 434 g/mol. The number of anilines is 1. The molecule has 2 aliphatic rings. The van der Waals surface area contributed by atoms with Crippen molar-refractivity contribution >= 4 is 35.0 Å². The van der Waals surface area contributed by atoms with Gasteiger partial charge < -0.3 is 20.6 Å². The predicted molar refractivity (Wildman–Crippen MR) is 115 cm³/mol. The third-order valence-corrected chi connectivity index (χ3v) is 6.44. The van der Waals surface area contributed by atoms with Gasteiger partial charge in [0, 0.05) is 23.7 Å². The van der Waals surface area contributed by atoms with Crippen LogP contribution in [-0.4, -0.2) is 53.5 Å². The lowest BCUT2D eigenvalue weighted by Gasteiger charge is -2.33. The highest BCUT2D eigenvalue weighted by Gasteiger charge is 2.57. The minimum Gasteiger partial charge on any atom is -0.394 e. The molecule has 0 saturated carbocycles. The molecule has 0 spiro atoms. The van der Waals surface area contributed by atoms with Gasteiger partial charge in [0.05, 0.1) is 24.5 Å². The minimum atomic E-state index is -0.818. The van der Waals surface area contributed by atoms with Gasteiger partial charge in [-0.25, -0.2) is 0 Å². The van der Waals surface area contributed by atoms with Crippen LogP contribution in [0.2, 0.25) is 5.02 Å². The molecule has 1 aliphatic heterocycles. The van der Waals surface area contributed by atoms with Gasteiger partial charge in [0.1, 0.15) is 6.04 Å². The van der Waals surface area contributed by atoms with E-state index in [9.17, 15) is 19.5 Å². The number of aliphatic hydroxyl groups excluding tert-OH is 1. The van der Waals surface area contributed by atoms with E-state index in [0.717, 1.165) is 0 Å². The first-order valence-electron chi connectivity index (χ1n) is 10.2. The van der Waals surface area contributed by atoms with Crippen LogP contribution in [0, 0.1) is 23.7 Å². The number of nitrogens with zero attached hydrogens (tertiary/aromatic N) is 1. The number of likely N-dealkylation sites (tertiary alicyclic amines) is 1. The Balaban J connectivity index is 1.99. The van der Waals surface area contributed by atoms with Crippen molar-refractivity contribution < 1.29 is 19.5 Å². The zero-order valence-corrected chi connectivity index (χ0v) is 18.1. The molecule has 0 unspecified atom stereocenters. The highest BCUT2D eigenvalue weighted by Crippen LogP contribution is 2.45. The highest BCUT2D eigenvalue weighted by molar-refractivity contribution is 6.30. The largest absolute Gasteiger partial charge is 0.394 e. The fourth-order valence-corrected chi connectivity index (χ4v) is 4.80. The summed E-state index contributed by atoms with van der Waals surface area (Å²) >= 11 is 5.92. The second kappa shape index (κ2) is 9.18. The number of hydrogen-bond acceptors (Lipinski definition) is 4. The molecule has 3 rings (SSSR count). The SMILES string of the molecule is CC[C@@H]1C=C[C@H]2[C@H](C(=O)N([C@H](C)CO)[C@@H]2C(=O)Nc2ccc(Cl)cc2)[C@@H]1C(=O)NC. The maximum atomic E-state index is 13.4. The second-order valence-electron chi connectivity index (χ2n) is 7.92. The summed E-state index contributed by atoms with van der Waals surface area (Å²) < 4.78 is 0. The van der Waals surface area contributed by atoms with Crippen molar-refractivity contribution in [3.05, 3.63) is 41.4 Å². The molecule has 6 atom stereocenters. The molecule has 1 saturated heterocycles. The number of carbonyl (C=O) groups is 3. The van der Waals surface area contributed by atoms with E-state index in [1.807, 2.05) is 19.1 Å². The molecule has 0 bridgehead atoms. The Morgan fingerprint density at radius 2 is 1.87 bits per heavy atom. The van der Waals surface area contributed by atoms with Gasteiger partial charge in [0.15, 0.2) is 0 Å². The minimum absolute atomic E-state index is 0.0838. The molecule has 0 aromatic heterocycles. The Bertz CT molecular complexity index is 841. The summed E-state index contributed by atoms with van der Waals surface area (Å²) in [6.45, 7) is 3.40.